The zero-order valence-corrected chi connectivity index (χ0v) is 19.1. The molecule has 2 aromatic carbocycles. The number of morpholine rings is 1. The number of hydrogen-bond acceptors (Lipinski definition) is 6. The van der Waals surface area contributed by atoms with E-state index < -0.39 is 0 Å². The molecular formula is C24H24FN5O2S. The minimum atomic E-state index is -0.336. The molecule has 1 aliphatic heterocycles. The second-order valence-corrected chi connectivity index (χ2v) is 8.75. The number of aromatic nitrogens is 2. The summed E-state index contributed by atoms with van der Waals surface area (Å²) in [5.74, 6) is 0.220. The summed E-state index contributed by atoms with van der Waals surface area (Å²) in [5, 5.41) is 16.7. The quantitative estimate of drug-likeness (QED) is 0.534. The Labute approximate surface area is 196 Å². The molecule has 4 rings (SSSR count). The van der Waals surface area contributed by atoms with E-state index in [4.69, 9.17) is 4.74 Å². The molecule has 0 spiro atoms. The number of thioether (sulfide) groups is 1. The monoisotopic (exact) mass is 465 g/mol. The Morgan fingerprint density at radius 2 is 2.00 bits per heavy atom. The fourth-order valence-electron chi connectivity index (χ4n) is 3.60. The number of anilines is 1. The van der Waals surface area contributed by atoms with Gasteiger partial charge in [-0.2, -0.15) is 10.4 Å². The molecule has 0 bridgehead atoms. The third kappa shape index (κ3) is 5.60. The molecule has 0 unspecified atom stereocenters. The summed E-state index contributed by atoms with van der Waals surface area (Å²) in [4.78, 5) is 16.1. The molecule has 3 aromatic rings. The molecule has 2 heterocycles. The number of halogens is 1. The molecule has 1 saturated heterocycles. The van der Waals surface area contributed by atoms with Crippen molar-refractivity contribution in [2.75, 3.05) is 43.9 Å². The number of rotatable bonds is 7. The normalized spacial score (nSPS) is 14.1. The molecule has 1 N–H and O–H groups in total. The van der Waals surface area contributed by atoms with E-state index in [1.807, 2.05) is 6.07 Å². The molecule has 9 heteroatoms. The topological polar surface area (TPSA) is 83.2 Å². The minimum Gasteiger partial charge on any atom is -0.379 e. The van der Waals surface area contributed by atoms with E-state index in [0.29, 0.717) is 28.2 Å². The van der Waals surface area contributed by atoms with Gasteiger partial charge >= 0.3 is 0 Å². The first-order chi connectivity index (χ1) is 16.0. The van der Waals surface area contributed by atoms with Gasteiger partial charge in [0.05, 0.1) is 41.9 Å². The van der Waals surface area contributed by atoms with E-state index >= 15 is 0 Å². The zero-order chi connectivity index (χ0) is 23.2. The van der Waals surface area contributed by atoms with Crippen molar-refractivity contribution in [1.29, 1.82) is 5.26 Å². The van der Waals surface area contributed by atoms with Crippen molar-refractivity contribution in [3.05, 3.63) is 71.3 Å². The molecule has 0 radical (unpaired) electrons. The van der Waals surface area contributed by atoms with Gasteiger partial charge in [-0.25, -0.2) is 9.07 Å². The van der Waals surface area contributed by atoms with Gasteiger partial charge in [-0.1, -0.05) is 0 Å². The standard InChI is InChI=1S/C24H24FN5O2S/c1-17-22(16-27-30(17)21-5-2-19(25)3-6-21)24(31)28-20-4-7-23(18(14-20)15-26)33-13-10-29-8-11-32-12-9-29/h2-7,14,16H,8-13H2,1H3,(H,28,31). The number of hydrogen-bond donors (Lipinski definition) is 1. The lowest BCUT2D eigenvalue weighted by Gasteiger charge is -2.26. The van der Waals surface area contributed by atoms with Gasteiger partial charge in [0, 0.05) is 36.0 Å². The first-order valence-corrected chi connectivity index (χ1v) is 11.6. The largest absolute Gasteiger partial charge is 0.379 e. The first kappa shape index (κ1) is 23.0. The van der Waals surface area contributed by atoms with Crippen LogP contribution >= 0.6 is 11.8 Å². The predicted molar refractivity (Wildman–Crippen MR) is 125 cm³/mol. The van der Waals surface area contributed by atoms with Crippen LogP contribution in [0.1, 0.15) is 21.6 Å². The zero-order valence-electron chi connectivity index (χ0n) is 18.3. The van der Waals surface area contributed by atoms with Crippen molar-refractivity contribution in [3.63, 3.8) is 0 Å². The van der Waals surface area contributed by atoms with Gasteiger partial charge < -0.3 is 10.1 Å². The van der Waals surface area contributed by atoms with Crippen LogP contribution in [0.2, 0.25) is 0 Å². The average Bonchev–Trinajstić information content (AvgIpc) is 3.22. The number of carbonyl (C=O) groups is 1. The van der Waals surface area contributed by atoms with Gasteiger partial charge in [-0.05, 0) is 49.4 Å². The highest BCUT2D eigenvalue weighted by molar-refractivity contribution is 7.99. The number of carbonyl (C=O) groups excluding carboxylic acids is 1. The molecule has 1 fully saturated rings. The minimum absolute atomic E-state index is 0.322. The highest BCUT2D eigenvalue weighted by Gasteiger charge is 2.16. The summed E-state index contributed by atoms with van der Waals surface area (Å²) in [6.45, 7) is 6.13. The van der Waals surface area contributed by atoms with Crippen LogP contribution in [0, 0.1) is 24.1 Å². The van der Waals surface area contributed by atoms with Crippen LogP contribution in [0.3, 0.4) is 0 Å². The molecule has 1 aliphatic rings. The van der Waals surface area contributed by atoms with Crippen LogP contribution in [0.25, 0.3) is 5.69 Å². The van der Waals surface area contributed by atoms with Gasteiger partial charge in [0.15, 0.2) is 0 Å². The van der Waals surface area contributed by atoms with E-state index in [0.717, 1.165) is 43.5 Å². The van der Waals surface area contributed by atoms with Gasteiger partial charge in [0.25, 0.3) is 5.91 Å². The van der Waals surface area contributed by atoms with Crippen LogP contribution in [-0.2, 0) is 4.74 Å². The van der Waals surface area contributed by atoms with E-state index in [2.05, 4.69) is 21.4 Å². The summed E-state index contributed by atoms with van der Waals surface area (Å²) in [6, 6.07) is 13.5. The average molecular weight is 466 g/mol. The maximum atomic E-state index is 13.2. The Morgan fingerprint density at radius 1 is 1.24 bits per heavy atom. The summed E-state index contributed by atoms with van der Waals surface area (Å²) < 4.78 is 20.2. The van der Waals surface area contributed by atoms with Gasteiger partial charge in [-0.3, -0.25) is 9.69 Å². The number of amides is 1. The van der Waals surface area contributed by atoms with Crippen LogP contribution in [0.15, 0.2) is 53.6 Å². The molecule has 33 heavy (non-hydrogen) atoms. The third-order valence-electron chi connectivity index (χ3n) is 5.45. The molecular weight excluding hydrogens is 441 g/mol. The Balaban J connectivity index is 1.41. The van der Waals surface area contributed by atoms with Crippen LogP contribution in [-0.4, -0.2) is 59.2 Å². The molecule has 7 nitrogen and oxygen atoms in total. The first-order valence-electron chi connectivity index (χ1n) is 10.6. The predicted octanol–water partition coefficient (Wildman–Crippen LogP) is 3.87. The van der Waals surface area contributed by atoms with Gasteiger partial charge in [0.2, 0.25) is 0 Å². The van der Waals surface area contributed by atoms with Crippen LogP contribution in [0.5, 0.6) is 0 Å². The second-order valence-electron chi connectivity index (χ2n) is 7.61. The van der Waals surface area contributed by atoms with Crippen LogP contribution < -0.4 is 5.32 Å². The summed E-state index contributed by atoms with van der Waals surface area (Å²) in [6.07, 6.45) is 1.48. The van der Waals surface area contributed by atoms with Gasteiger partial charge in [0.1, 0.15) is 11.9 Å². The third-order valence-corrected chi connectivity index (χ3v) is 6.51. The summed E-state index contributed by atoms with van der Waals surface area (Å²) in [7, 11) is 0. The second kappa shape index (κ2) is 10.6. The molecule has 0 aliphatic carbocycles. The smallest absolute Gasteiger partial charge is 0.259 e. The van der Waals surface area contributed by atoms with Crippen molar-refractivity contribution in [3.8, 4) is 11.8 Å². The number of benzene rings is 2. The highest BCUT2D eigenvalue weighted by atomic mass is 32.2. The Bertz CT molecular complexity index is 1170. The number of ether oxygens (including phenoxy) is 1. The number of nitrogens with one attached hydrogen (secondary N) is 1. The SMILES string of the molecule is Cc1c(C(=O)Nc2ccc(SCCN3CCOCC3)c(C#N)c2)cnn1-c1ccc(F)cc1. The maximum absolute atomic E-state index is 13.2. The Kier molecular flexibility index (Phi) is 7.40. The Hall–Kier alpha value is -3.19. The van der Waals surface area contributed by atoms with Crippen molar-refractivity contribution < 1.29 is 13.9 Å². The van der Waals surface area contributed by atoms with Crippen molar-refractivity contribution >= 4 is 23.4 Å². The molecule has 1 aromatic heterocycles. The van der Waals surface area contributed by atoms with Gasteiger partial charge in [-0.15, -0.1) is 11.8 Å². The van der Waals surface area contributed by atoms with Crippen molar-refractivity contribution in [2.24, 2.45) is 0 Å². The number of nitriles is 1. The van der Waals surface area contributed by atoms with Crippen molar-refractivity contribution in [1.82, 2.24) is 14.7 Å². The lowest BCUT2D eigenvalue weighted by atomic mass is 10.2. The fraction of sp³-hybridized carbons (Fsp3) is 0.292. The van der Waals surface area contributed by atoms with Crippen molar-refractivity contribution in [2.45, 2.75) is 11.8 Å². The van der Waals surface area contributed by atoms with E-state index in [1.54, 1.807) is 47.6 Å². The van der Waals surface area contributed by atoms with Crippen LogP contribution in [0.4, 0.5) is 10.1 Å². The van der Waals surface area contributed by atoms with E-state index in [-0.39, 0.29) is 11.7 Å². The lowest BCUT2D eigenvalue weighted by Crippen LogP contribution is -2.37. The lowest BCUT2D eigenvalue weighted by molar-refractivity contribution is 0.0410. The summed E-state index contributed by atoms with van der Waals surface area (Å²) in [5.41, 5.74) is 2.77. The number of nitrogens with zero attached hydrogens (tertiary/aromatic N) is 4. The summed E-state index contributed by atoms with van der Waals surface area (Å²) >= 11 is 1.64. The molecule has 170 valence electrons. The Morgan fingerprint density at radius 3 is 2.73 bits per heavy atom. The molecule has 0 saturated carbocycles. The van der Waals surface area contributed by atoms with E-state index in [1.165, 1.54) is 18.3 Å². The molecule has 0 atom stereocenters. The molecule has 1 amide bonds. The maximum Gasteiger partial charge on any atom is 0.259 e. The fourth-order valence-corrected chi connectivity index (χ4v) is 4.60. The highest BCUT2D eigenvalue weighted by Crippen LogP contribution is 2.26. The van der Waals surface area contributed by atoms with E-state index in [9.17, 15) is 14.4 Å².